The van der Waals surface area contributed by atoms with Crippen LogP contribution in [0.4, 0.5) is 0 Å². The maximum Gasteiger partial charge on any atom is 0.0208 e. The molecule has 0 aromatic heterocycles. The molecule has 2 nitrogen and oxygen atoms in total. The number of benzene rings is 1. The molecule has 2 unspecified atom stereocenters. The fourth-order valence-electron chi connectivity index (χ4n) is 3.22. The molecule has 1 saturated heterocycles. The fraction of sp³-hybridized carbons (Fsp3) is 0.647. The van der Waals surface area contributed by atoms with Gasteiger partial charge in [0.05, 0.1) is 0 Å². The Labute approximate surface area is 118 Å². The Balaban J connectivity index is 1.87. The number of likely N-dealkylation sites (tertiary alicyclic amines) is 1. The molecule has 1 aromatic carbocycles. The zero-order chi connectivity index (χ0) is 13.5. The summed E-state index contributed by atoms with van der Waals surface area (Å²) in [6, 6.07) is 11.6. The van der Waals surface area contributed by atoms with Crippen molar-refractivity contribution >= 4 is 0 Å². The lowest BCUT2D eigenvalue weighted by atomic mass is 10.0. The van der Waals surface area contributed by atoms with Crippen molar-refractivity contribution in [1.82, 2.24) is 4.90 Å². The highest BCUT2D eigenvalue weighted by Gasteiger charge is 2.21. The minimum atomic E-state index is 0.259. The lowest BCUT2D eigenvalue weighted by Crippen LogP contribution is -2.44. The lowest BCUT2D eigenvalue weighted by Gasteiger charge is -2.31. The third kappa shape index (κ3) is 4.63. The van der Waals surface area contributed by atoms with Crippen LogP contribution in [0.2, 0.25) is 0 Å². The summed E-state index contributed by atoms with van der Waals surface area (Å²) in [7, 11) is 0. The Bertz CT molecular complexity index is 350. The summed E-state index contributed by atoms with van der Waals surface area (Å²) in [5.41, 5.74) is 7.72. The van der Waals surface area contributed by atoms with Gasteiger partial charge in [-0.2, -0.15) is 0 Å². The normalized spacial score (nSPS) is 22.9. The van der Waals surface area contributed by atoms with Gasteiger partial charge in [-0.25, -0.2) is 0 Å². The molecule has 1 aromatic rings. The van der Waals surface area contributed by atoms with Gasteiger partial charge in [-0.05, 0) is 37.8 Å². The average molecular weight is 260 g/mol. The Hall–Kier alpha value is -0.860. The molecule has 2 rings (SSSR count). The summed E-state index contributed by atoms with van der Waals surface area (Å²) in [4.78, 5) is 2.64. The maximum absolute atomic E-state index is 6.36. The van der Waals surface area contributed by atoms with Crippen LogP contribution < -0.4 is 5.73 Å². The first-order valence-corrected chi connectivity index (χ1v) is 7.83. The van der Waals surface area contributed by atoms with Gasteiger partial charge in [0.1, 0.15) is 0 Å². The highest BCUT2D eigenvalue weighted by molar-refractivity contribution is 5.15. The van der Waals surface area contributed by atoms with E-state index in [0.29, 0.717) is 0 Å². The molecular formula is C17H28N2. The summed E-state index contributed by atoms with van der Waals surface area (Å²) >= 11 is 0. The molecule has 0 bridgehead atoms. The Morgan fingerprint density at radius 1 is 1.21 bits per heavy atom. The summed E-state index contributed by atoms with van der Waals surface area (Å²) < 4.78 is 0. The first kappa shape index (κ1) is 14.5. The van der Waals surface area contributed by atoms with Gasteiger partial charge >= 0.3 is 0 Å². The van der Waals surface area contributed by atoms with Crippen LogP contribution in [0.25, 0.3) is 0 Å². The van der Waals surface area contributed by atoms with E-state index in [0.717, 1.165) is 19.0 Å². The first-order chi connectivity index (χ1) is 9.29. The van der Waals surface area contributed by atoms with Crippen LogP contribution in [-0.4, -0.2) is 30.1 Å². The third-order valence-corrected chi connectivity index (χ3v) is 4.28. The predicted molar refractivity (Wildman–Crippen MR) is 82.2 cm³/mol. The molecule has 0 saturated carbocycles. The summed E-state index contributed by atoms with van der Waals surface area (Å²) in [6.07, 6.45) is 7.73. The second-order valence-electron chi connectivity index (χ2n) is 5.86. The van der Waals surface area contributed by atoms with Crippen LogP contribution in [0.15, 0.2) is 30.3 Å². The molecule has 0 radical (unpaired) electrons. The Morgan fingerprint density at radius 3 is 2.74 bits per heavy atom. The van der Waals surface area contributed by atoms with Crippen molar-refractivity contribution in [2.24, 2.45) is 5.73 Å². The van der Waals surface area contributed by atoms with Gasteiger partial charge in [-0.1, -0.05) is 50.1 Å². The van der Waals surface area contributed by atoms with Crippen LogP contribution >= 0.6 is 0 Å². The van der Waals surface area contributed by atoms with Crippen LogP contribution in [-0.2, 0) is 6.42 Å². The number of rotatable bonds is 5. The second-order valence-corrected chi connectivity index (χ2v) is 5.86. The number of hydrogen-bond acceptors (Lipinski definition) is 2. The molecule has 2 atom stereocenters. The molecule has 19 heavy (non-hydrogen) atoms. The van der Waals surface area contributed by atoms with Crippen molar-refractivity contribution in [2.75, 3.05) is 13.1 Å². The minimum Gasteiger partial charge on any atom is -0.326 e. The van der Waals surface area contributed by atoms with E-state index >= 15 is 0 Å². The fourth-order valence-corrected chi connectivity index (χ4v) is 3.22. The molecule has 0 spiro atoms. The van der Waals surface area contributed by atoms with E-state index in [1.165, 1.54) is 44.2 Å². The molecule has 1 aliphatic rings. The highest BCUT2D eigenvalue weighted by Crippen LogP contribution is 2.19. The molecule has 1 fully saturated rings. The van der Waals surface area contributed by atoms with Gasteiger partial charge < -0.3 is 5.73 Å². The summed E-state index contributed by atoms with van der Waals surface area (Å²) in [5, 5.41) is 0. The average Bonchev–Trinajstić information content (AvgIpc) is 2.64. The van der Waals surface area contributed by atoms with Crippen molar-refractivity contribution in [3.63, 3.8) is 0 Å². The van der Waals surface area contributed by atoms with Crippen molar-refractivity contribution in [1.29, 1.82) is 0 Å². The predicted octanol–water partition coefficient (Wildman–Crippen LogP) is 3.21. The smallest absolute Gasteiger partial charge is 0.0208 e. The number of hydrogen-bond donors (Lipinski definition) is 1. The summed E-state index contributed by atoms with van der Waals surface area (Å²) in [5.74, 6) is 0. The van der Waals surface area contributed by atoms with E-state index < -0.39 is 0 Å². The molecule has 106 valence electrons. The van der Waals surface area contributed by atoms with E-state index in [-0.39, 0.29) is 6.04 Å². The van der Waals surface area contributed by atoms with E-state index in [2.05, 4.69) is 42.2 Å². The van der Waals surface area contributed by atoms with Crippen molar-refractivity contribution in [3.8, 4) is 0 Å². The van der Waals surface area contributed by atoms with Gasteiger partial charge in [0.15, 0.2) is 0 Å². The van der Waals surface area contributed by atoms with Crippen molar-refractivity contribution in [3.05, 3.63) is 35.9 Å². The lowest BCUT2D eigenvalue weighted by molar-refractivity contribution is 0.183. The van der Waals surface area contributed by atoms with Crippen molar-refractivity contribution in [2.45, 2.75) is 57.5 Å². The molecule has 1 heterocycles. The number of nitrogens with zero attached hydrogens (tertiary/aromatic N) is 1. The van der Waals surface area contributed by atoms with Gasteiger partial charge in [0.2, 0.25) is 0 Å². The van der Waals surface area contributed by atoms with Crippen LogP contribution in [0, 0.1) is 0 Å². The van der Waals surface area contributed by atoms with Crippen molar-refractivity contribution < 1.29 is 0 Å². The van der Waals surface area contributed by atoms with E-state index in [9.17, 15) is 0 Å². The molecule has 0 aliphatic carbocycles. The Morgan fingerprint density at radius 2 is 2.00 bits per heavy atom. The SMILES string of the molecule is CCC1CCCCCN1CC(N)Cc1ccccc1. The van der Waals surface area contributed by atoms with Gasteiger partial charge in [0, 0.05) is 18.6 Å². The second kappa shape index (κ2) is 7.66. The standard InChI is InChI=1S/C17H28N2/c1-2-17-11-7-4-8-12-19(17)14-16(18)13-15-9-5-3-6-10-15/h3,5-6,9-10,16-17H,2,4,7-8,11-14,18H2,1H3. The zero-order valence-corrected chi connectivity index (χ0v) is 12.2. The van der Waals surface area contributed by atoms with E-state index in [4.69, 9.17) is 5.73 Å². The van der Waals surface area contributed by atoms with Crippen LogP contribution in [0.5, 0.6) is 0 Å². The molecule has 0 amide bonds. The number of nitrogens with two attached hydrogens (primary N) is 1. The third-order valence-electron chi connectivity index (χ3n) is 4.28. The zero-order valence-electron chi connectivity index (χ0n) is 12.2. The van der Waals surface area contributed by atoms with Gasteiger partial charge in [-0.15, -0.1) is 0 Å². The first-order valence-electron chi connectivity index (χ1n) is 7.83. The van der Waals surface area contributed by atoms with E-state index in [1.807, 2.05) is 0 Å². The monoisotopic (exact) mass is 260 g/mol. The molecular weight excluding hydrogens is 232 g/mol. The largest absolute Gasteiger partial charge is 0.326 e. The molecule has 2 N–H and O–H groups in total. The van der Waals surface area contributed by atoms with E-state index in [1.54, 1.807) is 0 Å². The quantitative estimate of drug-likeness (QED) is 0.881. The van der Waals surface area contributed by atoms with Crippen LogP contribution in [0.3, 0.4) is 0 Å². The highest BCUT2D eigenvalue weighted by atomic mass is 15.2. The Kier molecular flexibility index (Phi) is 5.87. The molecule has 1 aliphatic heterocycles. The summed E-state index contributed by atoms with van der Waals surface area (Å²) in [6.45, 7) is 4.60. The van der Waals surface area contributed by atoms with Gasteiger partial charge in [-0.3, -0.25) is 4.90 Å². The van der Waals surface area contributed by atoms with Gasteiger partial charge in [0.25, 0.3) is 0 Å². The van der Waals surface area contributed by atoms with Crippen LogP contribution in [0.1, 0.15) is 44.6 Å². The minimum absolute atomic E-state index is 0.259. The molecule has 2 heteroatoms. The topological polar surface area (TPSA) is 29.3 Å². The maximum atomic E-state index is 6.36.